The number of benzene rings is 1. The second-order valence-electron chi connectivity index (χ2n) is 4.70. The summed E-state index contributed by atoms with van der Waals surface area (Å²) >= 11 is 0. The Hall–Kier alpha value is -1.84. The van der Waals surface area contributed by atoms with Gasteiger partial charge in [-0.2, -0.15) is 0 Å². The molecule has 1 aromatic rings. The minimum absolute atomic E-state index is 0.409. The largest absolute Gasteiger partial charge is 0.481 e. The van der Waals surface area contributed by atoms with Crippen LogP contribution in [0.5, 0.6) is 0 Å². The summed E-state index contributed by atoms with van der Waals surface area (Å²) in [6, 6.07) is 7.46. The van der Waals surface area contributed by atoms with Crippen LogP contribution in [0.1, 0.15) is 25.0 Å². The maximum Gasteiger partial charge on any atom is 0.306 e. The topological polar surface area (TPSA) is 74.6 Å². The molecule has 0 radical (unpaired) electrons. The summed E-state index contributed by atoms with van der Waals surface area (Å²) in [7, 11) is 0. The Bertz CT molecular complexity index is 381. The van der Waals surface area contributed by atoms with Crippen LogP contribution in [0.3, 0.4) is 0 Å². The first-order valence-electron chi connectivity index (χ1n) is 5.93. The Morgan fingerprint density at radius 3 is 1.39 bits per heavy atom. The summed E-state index contributed by atoms with van der Waals surface area (Å²) in [4.78, 5) is 21.5. The SMILES string of the molecule is CC(Cc1ccc(CC(C)C(=O)O)cc1)C(=O)O. The van der Waals surface area contributed by atoms with E-state index in [9.17, 15) is 9.59 Å². The lowest BCUT2D eigenvalue weighted by Gasteiger charge is -2.09. The van der Waals surface area contributed by atoms with Crippen molar-refractivity contribution in [3.63, 3.8) is 0 Å². The summed E-state index contributed by atoms with van der Waals surface area (Å²) in [5.74, 6) is -2.43. The normalized spacial score (nSPS) is 13.9. The van der Waals surface area contributed by atoms with Crippen LogP contribution in [0.15, 0.2) is 24.3 Å². The Labute approximate surface area is 106 Å². The second-order valence-corrected chi connectivity index (χ2v) is 4.70. The number of hydrogen-bond donors (Lipinski definition) is 2. The van der Waals surface area contributed by atoms with E-state index in [0.29, 0.717) is 12.8 Å². The van der Waals surface area contributed by atoms with Crippen molar-refractivity contribution < 1.29 is 19.8 Å². The van der Waals surface area contributed by atoms with Crippen molar-refractivity contribution in [3.05, 3.63) is 35.4 Å². The van der Waals surface area contributed by atoms with E-state index in [1.807, 2.05) is 24.3 Å². The van der Waals surface area contributed by atoms with Gasteiger partial charge in [0.15, 0.2) is 0 Å². The van der Waals surface area contributed by atoms with Crippen molar-refractivity contribution in [2.75, 3.05) is 0 Å². The van der Waals surface area contributed by atoms with Crippen LogP contribution in [0.4, 0.5) is 0 Å². The molecular formula is C14H18O4. The number of carboxylic acid groups (broad SMARTS) is 2. The Morgan fingerprint density at radius 2 is 1.17 bits per heavy atom. The average molecular weight is 250 g/mol. The van der Waals surface area contributed by atoms with E-state index < -0.39 is 23.8 Å². The predicted octanol–water partition coefficient (Wildman–Crippen LogP) is 2.21. The summed E-state index contributed by atoms with van der Waals surface area (Å²) < 4.78 is 0. The van der Waals surface area contributed by atoms with E-state index in [-0.39, 0.29) is 0 Å². The molecule has 4 nitrogen and oxygen atoms in total. The molecule has 0 aromatic heterocycles. The predicted molar refractivity (Wildman–Crippen MR) is 67.4 cm³/mol. The first-order chi connectivity index (χ1) is 8.40. The lowest BCUT2D eigenvalue weighted by Crippen LogP contribution is -2.13. The van der Waals surface area contributed by atoms with Crippen LogP contribution < -0.4 is 0 Å². The van der Waals surface area contributed by atoms with E-state index in [1.54, 1.807) is 13.8 Å². The molecule has 2 unspecified atom stereocenters. The monoisotopic (exact) mass is 250 g/mol. The maximum absolute atomic E-state index is 10.7. The van der Waals surface area contributed by atoms with Gasteiger partial charge in [-0.1, -0.05) is 38.1 Å². The molecule has 0 spiro atoms. The fraction of sp³-hybridized carbons (Fsp3) is 0.429. The van der Waals surface area contributed by atoms with Crippen LogP contribution in [0.2, 0.25) is 0 Å². The van der Waals surface area contributed by atoms with Crippen molar-refractivity contribution in [2.24, 2.45) is 11.8 Å². The van der Waals surface area contributed by atoms with E-state index in [4.69, 9.17) is 10.2 Å². The zero-order valence-corrected chi connectivity index (χ0v) is 10.6. The van der Waals surface area contributed by atoms with Gasteiger partial charge in [-0.15, -0.1) is 0 Å². The number of aliphatic carboxylic acids is 2. The highest BCUT2D eigenvalue weighted by Crippen LogP contribution is 2.13. The third-order valence-corrected chi connectivity index (χ3v) is 2.95. The van der Waals surface area contributed by atoms with Crippen molar-refractivity contribution in [2.45, 2.75) is 26.7 Å². The Balaban J connectivity index is 2.63. The minimum Gasteiger partial charge on any atom is -0.481 e. The average Bonchev–Trinajstić information content (AvgIpc) is 2.31. The van der Waals surface area contributed by atoms with Gasteiger partial charge in [-0.3, -0.25) is 9.59 Å². The van der Waals surface area contributed by atoms with Crippen LogP contribution in [0.25, 0.3) is 0 Å². The third-order valence-electron chi connectivity index (χ3n) is 2.95. The third kappa shape index (κ3) is 4.20. The van der Waals surface area contributed by atoms with Crippen molar-refractivity contribution in [1.82, 2.24) is 0 Å². The molecule has 0 aliphatic heterocycles. The highest BCUT2D eigenvalue weighted by atomic mass is 16.4. The number of hydrogen-bond acceptors (Lipinski definition) is 2. The van der Waals surface area contributed by atoms with Gasteiger partial charge < -0.3 is 10.2 Å². The Kier molecular flexibility index (Phi) is 4.89. The quantitative estimate of drug-likeness (QED) is 0.811. The zero-order valence-electron chi connectivity index (χ0n) is 10.6. The van der Waals surface area contributed by atoms with Gasteiger partial charge in [0.2, 0.25) is 0 Å². The number of rotatable bonds is 6. The lowest BCUT2D eigenvalue weighted by atomic mass is 9.97. The number of carbonyl (C=O) groups is 2. The summed E-state index contributed by atoms with van der Waals surface area (Å²) in [6.07, 6.45) is 0.980. The second kappa shape index (κ2) is 6.19. The van der Waals surface area contributed by atoms with Gasteiger partial charge in [-0.25, -0.2) is 0 Å². The fourth-order valence-corrected chi connectivity index (χ4v) is 1.69. The highest BCUT2D eigenvalue weighted by Gasteiger charge is 2.13. The maximum atomic E-state index is 10.7. The molecular weight excluding hydrogens is 232 g/mol. The van der Waals surface area contributed by atoms with Gasteiger partial charge in [0.25, 0.3) is 0 Å². The molecule has 0 heterocycles. The standard InChI is InChI=1S/C14H18O4/c1-9(13(15)16)7-11-3-5-12(6-4-11)8-10(2)14(17)18/h3-6,9-10H,7-8H2,1-2H3,(H,15,16)(H,17,18). The first-order valence-corrected chi connectivity index (χ1v) is 5.93. The van der Waals surface area contributed by atoms with Crippen molar-refractivity contribution in [3.8, 4) is 0 Å². The first kappa shape index (κ1) is 14.2. The molecule has 4 heteroatoms. The summed E-state index contributed by atoms with van der Waals surface area (Å²) in [5.41, 5.74) is 1.91. The molecule has 0 bridgehead atoms. The smallest absolute Gasteiger partial charge is 0.306 e. The number of carboxylic acids is 2. The molecule has 0 fully saturated rings. The minimum atomic E-state index is -0.807. The van der Waals surface area contributed by atoms with E-state index in [0.717, 1.165) is 11.1 Å². The van der Waals surface area contributed by atoms with Gasteiger partial charge in [0.05, 0.1) is 11.8 Å². The highest BCUT2D eigenvalue weighted by molar-refractivity contribution is 5.70. The van der Waals surface area contributed by atoms with Gasteiger partial charge in [0, 0.05) is 0 Å². The van der Waals surface area contributed by atoms with E-state index in [2.05, 4.69) is 0 Å². The molecule has 0 aliphatic carbocycles. The van der Waals surface area contributed by atoms with Crippen LogP contribution >= 0.6 is 0 Å². The molecule has 18 heavy (non-hydrogen) atoms. The van der Waals surface area contributed by atoms with Crippen LogP contribution in [-0.4, -0.2) is 22.2 Å². The van der Waals surface area contributed by atoms with Gasteiger partial charge in [0.1, 0.15) is 0 Å². The molecule has 0 saturated heterocycles. The summed E-state index contributed by atoms with van der Waals surface area (Å²) in [6.45, 7) is 3.34. The molecule has 1 aromatic carbocycles. The van der Waals surface area contributed by atoms with Gasteiger partial charge in [-0.05, 0) is 24.0 Å². The zero-order chi connectivity index (χ0) is 13.7. The lowest BCUT2D eigenvalue weighted by molar-refractivity contribution is -0.142. The molecule has 1 rings (SSSR count). The Morgan fingerprint density at radius 1 is 0.889 bits per heavy atom. The van der Waals surface area contributed by atoms with E-state index in [1.165, 1.54) is 0 Å². The molecule has 0 saturated carbocycles. The molecule has 0 amide bonds. The van der Waals surface area contributed by atoms with Crippen LogP contribution in [0, 0.1) is 11.8 Å². The van der Waals surface area contributed by atoms with Crippen molar-refractivity contribution in [1.29, 1.82) is 0 Å². The van der Waals surface area contributed by atoms with E-state index >= 15 is 0 Å². The van der Waals surface area contributed by atoms with Crippen molar-refractivity contribution >= 4 is 11.9 Å². The summed E-state index contributed by atoms with van der Waals surface area (Å²) in [5, 5.41) is 17.6. The molecule has 0 aliphatic rings. The fourth-order valence-electron chi connectivity index (χ4n) is 1.69. The molecule has 2 N–H and O–H groups in total. The van der Waals surface area contributed by atoms with Crippen LogP contribution in [-0.2, 0) is 22.4 Å². The van der Waals surface area contributed by atoms with Gasteiger partial charge >= 0.3 is 11.9 Å². The molecule has 2 atom stereocenters. The molecule has 98 valence electrons.